The number of carbonyl (C=O) groups is 1. The van der Waals surface area contributed by atoms with Gasteiger partial charge in [-0.05, 0) is 49.1 Å². The van der Waals surface area contributed by atoms with Crippen LogP contribution in [0.2, 0.25) is 0 Å². The Labute approximate surface area is 125 Å². The van der Waals surface area contributed by atoms with E-state index in [9.17, 15) is 4.79 Å². The highest BCUT2D eigenvalue weighted by molar-refractivity contribution is 5.95. The summed E-state index contributed by atoms with van der Waals surface area (Å²) in [5.74, 6) is 0.0250. The monoisotopic (exact) mass is 280 g/mol. The molecule has 0 spiro atoms. The number of benzene rings is 2. The molecule has 2 aromatic carbocycles. The van der Waals surface area contributed by atoms with E-state index in [0.717, 1.165) is 30.6 Å². The van der Waals surface area contributed by atoms with E-state index < -0.39 is 0 Å². The minimum atomic E-state index is 0.0250. The Kier molecular flexibility index (Phi) is 3.91. The van der Waals surface area contributed by atoms with Gasteiger partial charge >= 0.3 is 0 Å². The second kappa shape index (κ2) is 6.00. The van der Waals surface area contributed by atoms with Gasteiger partial charge < -0.3 is 10.6 Å². The molecule has 0 radical (unpaired) electrons. The molecule has 0 unspecified atom stereocenters. The van der Waals surface area contributed by atoms with E-state index in [2.05, 4.69) is 29.7 Å². The van der Waals surface area contributed by atoms with Gasteiger partial charge in [0.1, 0.15) is 0 Å². The quantitative estimate of drug-likeness (QED) is 0.880. The number of rotatable bonds is 5. The van der Waals surface area contributed by atoms with E-state index in [-0.39, 0.29) is 5.91 Å². The minimum Gasteiger partial charge on any atom is -0.381 e. The van der Waals surface area contributed by atoms with Gasteiger partial charge in [-0.15, -0.1) is 0 Å². The summed E-state index contributed by atoms with van der Waals surface area (Å²) >= 11 is 0. The first-order valence-electron chi connectivity index (χ1n) is 7.42. The average molecular weight is 280 g/mol. The molecule has 0 atom stereocenters. The molecule has 3 rings (SSSR count). The van der Waals surface area contributed by atoms with E-state index in [1.165, 1.54) is 11.1 Å². The first-order chi connectivity index (χ1) is 10.2. The van der Waals surface area contributed by atoms with Crippen LogP contribution >= 0.6 is 0 Å². The van der Waals surface area contributed by atoms with Crippen LogP contribution in [0.5, 0.6) is 0 Å². The summed E-state index contributed by atoms with van der Waals surface area (Å²) in [6.45, 7) is 2.87. The lowest BCUT2D eigenvalue weighted by Gasteiger charge is -2.10. The van der Waals surface area contributed by atoms with E-state index in [4.69, 9.17) is 0 Å². The van der Waals surface area contributed by atoms with Crippen LogP contribution < -0.4 is 10.6 Å². The van der Waals surface area contributed by atoms with Crippen LogP contribution in [-0.4, -0.2) is 11.9 Å². The second-order valence-corrected chi connectivity index (χ2v) is 5.61. The zero-order valence-corrected chi connectivity index (χ0v) is 12.2. The zero-order chi connectivity index (χ0) is 14.7. The van der Waals surface area contributed by atoms with Gasteiger partial charge in [-0.3, -0.25) is 4.79 Å². The summed E-state index contributed by atoms with van der Waals surface area (Å²) < 4.78 is 0. The predicted octanol–water partition coefficient (Wildman–Crippen LogP) is 3.50. The largest absolute Gasteiger partial charge is 0.381 e. The first kappa shape index (κ1) is 13.7. The van der Waals surface area contributed by atoms with E-state index in [0.29, 0.717) is 6.04 Å². The maximum Gasteiger partial charge on any atom is 0.251 e. The lowest BCUT2D eigenvalue weighted by molar-refractivity contribution is 0.0951. The molecule has 1 aliphatic carbocycles. The van der Waals surface area contributed by atoms with Gasteiger partial charge in [0.2, 0.25) is 0 Å². The molecule has 1 saturated carbocycles. The van der Waals surface area contributed by atoms with Crippen molar-refractivity contribution in [3.63, 3.8) is 0 Å². The van der Waals surface area contributed by atoms with Crippen molar-refractivity contribution in [3.8, 4) is 0 Å². The van der Waals surface area contributed by atoms with Crippen molar-refractivity contribution >= 4 is 11.6 Å². The molecule has 1 fully saturated rings. The van der Waals surface area contributed by atoms with Crippen LogP contribution in [0, 0.1) is 6.92 Å². The molecule has 0 bridgehead atoms. The Morgan fingerprint density at radius 3 is 2.71 bits per heavy atom. The summed E-state index contributed by atoms with van der Waals surface area (Å²) in [5.41, 5.74) is 4.23. The van der Waals surface area contributed by atoms with Crippen LogP contribution in [0.15, 0.2) is 48.5 Å². The molecule has 0 saturated heterocycles. The Hall–Kier alpha value is -2.29. The summed E-state index contributed by atoms with van der Waals surface area (Å²) in [7, 11) is 0. The smallest absolute Gasteiger partial charge is 0.251 e. The van der Waals surface area contributed by atoms with E-state index in [1.807, 2.05) is 36.4 Å². The van der Waals surface area contributed by atoms with Gasteiger partial charge in [0.05, 0.1) is 0 Å². The van der Waals surface area contributed by atoms with Gasteiger partial charge in [-0.25, -0.2) is 0 Å². The fourth-order valence-corrected chi connectivity index (χ4v) is 2.27. The molecule has 2 aromatic rings. The molecule has 3 heteroatoms. The Balaban J connectivity index is 1.65. The first-order valence-corrected chi connectivity index (χ1v) is 7.42. The van der Waals surface area contributed by atoms with Gasteiger partial charge in [0.15, 0.2) is 0 Å². The third-order valence-electron chi connectivity index (χ3n) is 3.78. The molecule has 1 amide bonds. The maximum absolute atomic E-state index is 12.0. The van der Waals surface area contributed by atoms with Crippen LogP contribution in [0.1, 0.15) is 34.3 Å². The molecule has 0 aromatic heterocycles. The predicted molar refractivity (Wildman–Crippen MR) is 85.4 cm³/mol. The summed E-state index contributed by atoms with van der Waals surface area (Å²) in [6, 6.07) is 16.4. The van der Waals surface area contributed by atoms with Crippen LogP contribution in [0.3, 0.4) is 0 Å². The van der Waals surface area contributed by atoms with Crippen LogP contribution in [0.25, 0.3) is 0 Å². The number of aryl methyl sites for hydroxylation is 1. The highest BCUT2D eigenvalue weighted by Gasteiger charge is 2.23. The molecule has 3 nitrogen and oxygen atoms in total. The molecule has 1 aliphatic rings. The SMILES string of the molecule is Cc1ccccc1CNc1cccc(C(=O)NC2CC2)c1. The molecule has 0 aliphatic heterocycles. The lowest BCUT2D eigenvalue weighted by atomic mass is 10.1. The normalized spacial score (nSPS) is 13.8. The number of hydrogen-bond donors (Lipinski definition) is 2. The van der Waals surface area contributed by atoms with Crippen LogP contribution in [0.4, 0.5) is 5.69 Å². The minimum absolute atomic E-state index is 0.0250. The van der Waals surface area contributed by atoms with E-state index >= 15 is 0 Å². The third-order valence-corrected chi connectivity index (χ3v) is 3.78. The number of amides is 1. The summed E-state index contributed by atoms with van der Waals surface area (Å²) in [6.07, 6.45) is 2.22. The van der Waals surface area contributed by atoms with Crippen molar-refractivity contribution in [1.29, 1.82) is 0 Å². The van der Waals surface area contributed by atoms with Crippen molar-refractivity contribution in [3.05, 3.63) is 65.2 Å². The lowest BCUT2D eigenvalue weighted by Crippen LogP contribution is -2.25. The average Bonchev–Trinajstić information content (AvgIpc) is 3.31. The highest BCUT2D eigenvalue weighted by Crippen LogP contribution is 2.20. The van der Waals surface area contributed by atoms with Crippen molar-refractivity contribution < 1.29 is 4.79 Å². The number of carbonyl (C=O) groups excluding carboxylic acids is 1. The Morgan fingerprint density at radius 1 is 1.14 bits per heavy atom. The number of nitrogens with one attached hydrogen (secondary N) is 2. The molecular weight excluding hydrogens is 260 g/mol. The van der Waals surface area contributed by atoms with Crippen molar-refractivity contribution in [2.75, 3.05) is 5.32 Å². The van der Waals surface area contributed by atoms with Gasteiger partial charge in [0, 0.05) is 23.8 Å². The standard InChI is InChI=1S/C18H20N2O/c1-13-5-2-3-6-15(13)12-19-17-8-4-7-14(11-17)18(21)20-16-9-10-16/h2-8,11,16,19H,9-10,12H2,1H3,(H,20,21). The van der Waals surface area contributed by atoms with Crippen LogP contribution in [-0.2, 0) is 6.54 Å². The summed E-state index contributed by atoms with van der Waals surface area (Å²) in [4.78, 5) is 12.0. The number of hydrogen-bond acceptors (Lipinski definition) is 2. The fraction of sp³-hybridized carbons (Fsp3) is 0.278. The third kappa shape index (κ3) is 3.63. The molecule has 108 valence electrons. The number of anilines is 1. The topological polar surface area (TPSA) is 41.1 Å². The van der Waals surface area contributed by atoms with Crippen molar-refractivity contribution in [1.82, 2.24) is 5.32 Å². The molecule has 0 heterocycles. The fourth-order valence-electron chi connectivity index (χ4n) is 2.27. The molecular formula is C18H20N2O. The Bertz CT molecular complexity index is 647. The Morgan fingerprint density at radius 2 is 1.95 bits per heavy atom. The maximum atomic E-state index is 12.0. The van der Waals surface area contributed by atoms with Crippen molar-refractivity contribution in [2.45, 2.75) is 32.4 Å². The molecule has 2 N–H and O–H groups in total. The van der Waals surface area contributed by atoms with Gasteiger partial charge in [-0.1, -0.05) is 30.3 Å². The van der Waals surface area contributed by atoms with Crippen molar-refractivity contribution in [2.24, 2.45) is 0 Å². The van der Waals surface area contributed by atoms with Gasteiger partial charge in [-0.2, -0.15) is 0 Å². The zero-order valence-electron chi connectivity index (χ0n) is 12.2. The van der Waals surface area contributed by atoms with E-state index in [1.54, 1.807) is 0 Å². The second-order valence-electron chi connectivity index (χ2n) is 5.61. The van der Waals surface area contributed by atoms with Gasteiger partial charge in [0.25, 0.3) is 5.91 Å². The summed E-state index contributed by atoms with van der Waals surface area (Å²) in [5, 5.41) is 6.40. The highest BCUT2D eigenvalue weighted by atomic mass is 16.1. The molecule has 21 heavy (non-hydrogen) atoms.